The number of carbonyl (C=O) groups excluding carboxylic acids is 1. The van der Waals surface area contributed by atoms with E-state index in [0.29, 0.717) is 12.3 Å². The lowest BCUT2D eigenvalue weighted by Crippen LogP contribution is -2.20. The van der Waals surface area contributed by atoms with Crippen molar-refractivity contribution in [3.63, 3.8) is 0 Å². The SMILES string of the molecule is COc1cccc(CNC(=O)/C=C(\C)c2cc3c(-c4ccc(C)cc4)coc3c(C)c2OC)c1. The van der Waals surface area contributed by atoms with Crippen molar-refractivity contribution in [2.24, 2.45) is 0 Å². The van der Waals surface area contributed by atoms with Gasteiger partial charge in [-0.2, -0.15) is 0 Å². The molecule has 0 aliphatic rings. The topological polar surface area (TPSA) is 60.7 Å². The Bertz CT molecular complexity index is 1360. The Morgan fingerprint density at radius 3 is 2.50 bits per heavy atom. The van der Waals surface area contributed by atoms with Gasteiger partial charge in [-0.25, -0.2) is 0 Å². The molecule has 0 aliphatic heterocycles. The van der Waals surface area contributed by atoms with Crippen molar-refractivity contribution in [2.45, 2.75) is 27.3 Å². The highest BCUT2D eigenvalue weighted by Gasteiger charge is 2.18. The number of hydrogen-bond donors (Lipinski definition) is 1. The van der Waals surface area contributed by atoms with E-state index in [4.69, 9.17) is 13.9 Å². The maximum absolute atomic E-state index is 12.7. The molecule has 1 N–H and O–H groups in total. The lowest BCUT2D eigenvalue weighted by Gasteiger charge is -2.13. The third kappa shape index (κ3) is 4.69. The second-order valence-electron chi connectivity index (χ2n) is 8.37. The van der Waals surface area contributed by atoms with E-state index in [2.05, 4.69) is 36.5 Å². The zero-order valence-electron chi connectivity index (χ0n) is 20.2. The minimum Gasteiger partial charge on any atom is -0.497 e. The molecule has 0 atom stereocenters. The molecule has 0 unspecified atom stereocenters. The number of nitrogens with one attached hydrogen (secondary N) is 1. The van der Waals surface area contributed by atoms with Gasteiger partial charge in [0.05, 0.1) is 20.5 Å². The number of hydrogen-bond acceptors (Lipinski definition) is 4. The molecule has 0 saturated carbocycles. The fourth-order valence-corrected chi connectivity index (χ4v) is 4.13. The quantitative estimate of drug-likeness (QED) is 0.325. The van der Waals surface area contributed by atoms with Crippen LogP contribution in [0.2, 0.25) is 0 Å². The van der Waals surface area contributed by atoms with Gasteiger partial charge in [-0.3, -0.25) is 4.79 Å². The number of benzene rings is 3. The molecule has 0 spiro atoms. The predicted molar refractivity (Wildman–Crippen MR) is 136 cm³/mol. The first-order chi connectivity index (χ1) is 16.4. The van der Waals surface area contributed by atoms with Crippen LogP contribution in [0.25, 0.3) is 27.7 Å². The maximum atomic E-state index is 12.7. The summed E-state index contributed by atoms with van der Waals surface area (Å²) >= 11 is 0. The van der Waals surface area contributed by atoms with Gasteiger partial charge < -0.3 is 19.2 Å². The van der Waals surface area contributed by atoms with E-state index in [1.807, 2.05) is 44.2 Å². The molecule has 174 valence electrons. The molecule has 3 aromatic carbocycles. The Morgan fingerprint density at radius 2 is 1.79 bits per heavy atom. The van der Waals surface area contributed by atoms with Crippen LogP contribution in [0.4, 0.5) is 0 Å². The molecule has 1 heterocycles. The lowest BCUT2D eigenvalue weighted by molar-refractivity contribution is -0.116. The Morgan fingerprint density at radius 1 is 1.03 bits per heavy atom. The highest BCUT2D eigenvalue weighted by molar-refractivity contribution is 6.01. The third-order valence-electron chi connectivity index (χ3n) is 5.98. The molecule has 1 aromatic heterocycles. The van der Waals surface area contributed by atoms with Crippen molar-refractivity contribution in [3.05, 3.63) is 89.2 Å². The van der Waals surface area contributed by atoms with Gasteiger partial charge in [-0.1, -0.05) is 42.0 Å². The molecule has 0 fully saturated rings. The zero-order chi connectivity index (χ0) is 24.2. The van der Waals surface area contributed by atoms with Crippen molar-refractivity contribution in [3.8, 4) is 22.6 Å². The van der Waals surface area contributed by atoms with Crippen molar-refractivity contribution in [2.75, 3.05) is 14.2 Å². The van der Waals surface area contributed by atoms with Gasteiger partial charge >= 0.3 is 0 Å². The number of furan rings is 1. The number of carbonyl (C=O) groups is 1. The van der Waals surface area contributed by atoms with Crippen LogP contribution in [-0.4, -0.2) is 20.1 Å². The predicted octanol–water partition coefficient (Wildman–Crippen LogP) is 6.45. The molecule has 4 rings (SSSR count). The van der Waals surface area contributed by atoms with Crippen molar-refractivity contribution >= 4 is 22.4 Å². The van der Waals surface area contributed by atoms with Crippen molar-refractivity contribution < 1.29 is 18.7 Å². The first kappa shape index (κ1) is 23.2. The highest BCUT2D eigenvalue weighted by atomic mass is 16.5. The summed E-state index contributed by atoms with van der Waals surface area (Å²) in [5.74, 6) is 1.29. The highest BCUT2D eigenvalue weighted by Crippen LogP contribution is 2.40. The van der Waals surface area contributed by atoms with E-state index in [9.17, 15) is 4.79 Å². The van der Waals surface area contributed by atoms with Gasteiger partial charge in [-0.05, 0) is 55.7 Å². The van der Waals surface area contributed by atoms with E-state index in [1.54, 1.807) is 26.6 Å². The summed E-state index contributed by atoms with van der Waals surface area (Å²) in [5.41, 5.74) is 7.61. The van der Waals surface area contributed by atoms with Crippen LogP contribution in [0, 0.1) is 13.8 Å². The Labute approximate surface area is 200 Å². The average molecular weight is 456 g/mol. The first-order valence-electron chi connectivity index (χ1n) is 11.2. The number of rotatable bonds is 7. The summed E-state index contributed by atoms with van der Waals surface area (Å²) in [6.45, 7) is 6.37. The third-order valence-corrected chi connectivity index (χ3v) is 5.98. The average Bonchev–Trinajstić information content (AvgIpc) is 3.27. The molecule has 0 bridgehead atoms. The van der Waals surface area contributed by atoms with E-state index in [1.165, 1.54) is 5.56 Å². The van der Waals surface area contributed by atoms with E-state index in [-0.39, 0.29) is 5.91 Å². The summed E-state index contributed by atoms with van der Waals surface area (Å²) in [7, 11) is 3.26. The van der Waals surface area contributed by atoms with Crippen molar-refractivity contribution in [1.82, 2.24) is 5.32 Å². The maximum Gasteiger partial charge on any atom is 0.244 e. The van der Waals surface area contributed by atoms with Crippen molar-refractivity contribution in [1.29, 1.82) is 0 Å². The summed E-state index contributed by atoms with van der Waals surface area (Å²) < 4.78 is 16.9. The zero-order valence-corrected chi connectivity index (χ0v) is 20.2. The molecule has 0 saturated heterocycles. The van der Waals surface area contributed by atoms with Crippen LogP contribution in [0.5, 0.6) is 11.5 Å². The number of fused-ring (bicyclic) bond motifs is 1. The molecule has 4 aromatic rings. The molecule has 0 radical (unpaired) electrons. The molecular weight excluding hydrogens is 426 g/mol. The van der Waals surface area contributed by atoms with Gasteiger partial charge in [0.15, 0.2) is 0 Å². The molecule has 34 heavy (non-hydrogen) atoms. The van der Waals surface area contributed by atoms with E-state index in [0.717, 1.165) is 50.1 Å². The van der Waals surface area contributed by atoms with Gasteiger partial charge in [0, 0.05) is 34.7 Å². The van der Waals surface area contributed by atoms with Gasteiger partial charge in [0.2, 0.25) is 5.91 Å². The number of ether oxygens (including phenoxy) is 2. The van der Waals surface area contributed by atoms with Crippen LogP contribution < -0.4 is 14.8 Å². The molecule has 1 amide bonds. The van der Waals surface area contributed by atoms with Crippen LogP contribution >= 0.6 is 0 Å². The fraction of sp³-hybridized carbons (Fsp3) is 0.207. The van der Waals surface area contributed by atoms with Gasteiger partial charge in [-0.15, -0.1) is 0 Å². The number of allylic oxidation sites excluding steroid dienone is 1. The van der Waals surface area contributed by atoms with Crippen LogP contribution in [0.1, 0.15) is 29.2 Å². The Balaban J connectivity index is 1.66. The second-order valence-corrected chi connectivity index (χ2v) is 8.37. The Kier molecular flexibility index (Phi) is 6.73. The minimum absolute atomic E-state index is 0.175. The molecule has 0 aliphatic carbocycles. The summed E-state index contributed by atoms with van der Waals surface area (Å²) in [5, 5.41) is 3.94. The summed E-state index contributed by atoms with van der Waals surface area (Å²) in [6.07, 6.45) is 3.39. The summed E-state index contributed by atoms with van der Waals surface area (Å²) in [6, 6.07) is 18.0. The largest absolute Gasteiger partial charge is 0.497 e. The van der Waals surface area contributed by atoms with Crippen LogP contribution in [0.3, 0.4) is 0 Å². The van der Waals surface area contributed by atoms with Gasteiger partial charge in [0.25, 0.3) is 0 Å². The minimum atomic E-state index is -0.175. The van der Waals surface area contributed by atoms with E-state index >= 15 is 0 Å². The second kappa shape index (κ2) is 9.87. The van der Waals surface area contributed by atoms with Gasteiger partial charge in [0.1, 0.15) is 17.1 Å². The smallest absolute Gasteiger partial charge is 0.244 e. The van der Waals surface area contributed by atoms with E-state index < -0.39 is 0 Å². The first-order valence-corrected chi connectivity index (χ1v) is 11.2. The normalized spacial score (nSPS) is 11.5. The molecule has 5 heteroatoms. The molecular formula is C29H29NO4. The lowest BCUT2D eigenvalue weighted by atomic mass is 9.96. The summed E-state index contributed by atoms with van der Waals surface area (Å²) in [4.78, 5) is 12.7. The Hall–Kier alpha value is -3.99. The number of methoxy groups -OCH3 is 2. The fourth-order valence-electron chi connectivity index (χ4n) is 4.13. The molecule has 5 nitrogen and oxygen atoms in total. The van der Waals surface area contributed by atoms with Crippen LogP contribution in [-0.2, 0) is 11.3 Å². The number of amides is 1. The standard InChI is InChI=1S/C29H29NO4/c1-18-9-11-22(12-10-18)26-17-34-29-20(3)28(33-5)24(15-25(26)29)19(2)13-27(31)30-16-21-7-6-8-23(14-21)32-4/h6-15,17H,16H2,1-5H3,(H,30,31)/b19-13+. The monoisotopic (exact) mass is 455 g/mol. The van der Waals surface area contributed by atoms with Crippen LogP contribution in [0.15, 0.2) is 71.4 Å². The number of aryl methyl sites for hydroxylation is 2.